The molecular formula is C15H18O6. The highest BCUT2D eigenvalue weighted by molar-refractivity contribution is 5.92. The summed E-state index contributed by atoms with van der Waals surface area (Å²) in [5, 5.41) is 0. The molecule has 0 radical (unpaired) electrons. The minimum absolute atomic E-state index is 0.0424. The lowest BCUT2D eigenvalue weighted by Gasteiger charge is -2.31. The van der Waals surface area contributed by atoms with E-state index < -0.39 is 35.5 Å². The molecule has 3 aliphatic rings. The van der Waals surface area contributed by atoms with Gasteiger partial charge in [0.1, 0.15) is 11.5 Å². The molecule has 0 spiro atoms. The summed E-state index contributed by atoms with van der Waals surface area (Å²) >= 11 is 0. The summed E-state index contributed by atoms with van der Waals surface area (Å²) in [5.41, 5.74) is -0.693. The van der Waals surface area contributed by atoms with Crippen molar-refractivity contribution in [3.05, 3.63) is 12.2 Å². The molecule has 0 aromatic heterocycles. The van der Waals surface area contributed by atoms with Gasteiger partial charge in [0.05, 0.1) is 12.5 Å². The third-order valence-corrected chi connectivity index (χ3v) is 4.81. The van der Waals surface area contributed by atoms with Gasteiger partial charge in [0.2, 0.25) is 0 Å². The van der Waals surface area contributed by atoms with Crippen molar-refractivity contribution in [3.8, 4) is 0 Å². The lowest BCUT2D eigenvalue weighted by Crippen LogP contribution is -2.47. The minimum Gasteiger partial charge on any atom is -0.465 e. The van der Waals surface area contributed by atoms with Crippen LogP contribution in [0.4, 0.5) is 0 Å². The highest BCUT2D eigenvalue weighted by atomic mass is 16.6. The van der Waals surface area contributed by atoms with Crippen LogP contribution >= 0.6 is 0 Å². The molecule has 5 atom stereocenters. The molecule has 21 heavy (non-hydrogen) atoms. The van der Waals surface area contributed by atoms with E-state index in [1.807, 2.05) is 0 Å². The lowest BCUT2D eigenvalue weighted by molar-refractivity contribution is -0.168. The first-order chi connectivity index (χ1) is 9.91. The minimum atomic E-state index is -0.974. The van der Waals surface area contributed by atoms with Gasteiger partial charge in [0.15, 0.2) is 6.10 Å². The van der Waals surface area contributed by atoms with E-state index in [4.69, 9.17) is 14.2 Å². The number of hydrogen-bond donors (Lipinski definition) is 0. The van der Waals surface area contributed by atoms with Gasteiger partial charge in [-0.3, -0.25) is 9.59 Å². The smallest absolute Gasteiger partial charge is 0.333 e. The van der Waals surface area contributed by atoms with E-state index in [0.29, 0.717) is 12.8 Å². The molecule has 1 aliphatic heterocycles. The van der Waals surface area contributed by atoms with Crippen molar-refractivity contribution in [2.75, 3.05) is 6.61 Å². The Kier molecular flexibility index (Phi) is 3.07. The van der Waals surface area contributed by atoms with Crippen LogP contribution in [0.3, 0.4) is 0 Å². The molecule has 2 saturated carbocycles. The van der Waals surface area contributed by atoms with Crippen molar-refractivity contribution in [2.45, 2.75) is 38.9 Å². The second-order valence-electron chi connectivity index (χ2n) is 6.02. The zero-order valence-corrected chi connectivity index (χ0v) is 12.1. The summed E-state index contributed by atoms with van der Waals surface area (Å²) in [5.74, 6) is -1.83. The van der Waals surface area contributed by atoms with Crippen LogP contribution in [-0.2, 0) is 28.6 Å². The van der Waals surface area contributed by atoms with Gasteiger partial charge in [-0.15, -0.1) is 0 Å². The molecule has 0 amide bonds. The Morgan fingerprint density at radius 3 is 2.81 bits per heavy atom. The second kappa shape index (κ2) is 4.58. The highest BCUT2D eigenvalue weighted by Crippen LogP contribution is 2.64. The third-order valence-electron chi connectivity index (χ3n) is 4.81. The summed E-state index contributed by atoms with van der Waals surface area (Å²) in [6.45, 7) is 7.07. The van der Waals surface area contributed by atoms with Gasteiger partial charge in [-0.2, -0.15) is 0 Å². The van der Waals surface area contributed by atoms with Gasteiger partial charge in [0, 0.05) is 11.5 Å². The maximum Gasteiger partial charge on any atom is 0.333 e. The topological polar surface area (TPSA) is 78.9 Å². The van der Waals surface area contributed by atoms with E-state index in [1.165, 1.54) is 0 Å². The molecule has 1 heterocycles. The van der Waals surface area contributed by atoms with Gasteiger partial charge in [-0.25, -0.2) is 4.79 Å². The molecule has 2 bridgehead atoms. The van der Waals surface area contributed by atoms with Crippen LogP contribution in [0.25, 0.3) is 0 Å². The average molecular weight is 294 g/mol. The number of fused-ring (bicyclic) bond motifs is 1. The van der Waals surface area contributed by atoms with Crippen LogP contribution in [0.15, 0.2) is 12.2 Å². The first-order valence-electron chi connectivity index (χ1n) is 7.16. The molecule has 1 saturated heterocycles. The number of hydrogen-bond acceptors (Lipinski definition) is 6. The van der Waals surface area contributed by atoms with Crippen LogP contribution in [0.5, 0.6) is 0 Å². The van der Waals surface area contributed by atoms with Gasteiger partial charge in [-0.05, 0) is 26.7 Å². The Balaban J connectivity index is 1.90. The fourth-order valence-corrected chi connectivity index (χ4v) is 3.95. The SMILES string of the molecule is C=C(C)C(=O)OC1C2CC3C(=O)OC1C3(C(=O)OCC)C2. The van der Waals surface area contributed by atoms with Gasteiger partial charge < -0.3 is 14.2 Å². The van der Waals surface area contributed by atoms with E-state index in [0.717, 1.165) is 0 Å². The Morgan fingerprint density at radius 1 is 1.48 bits per heavy atom. The van der Waals surface area contributed by atoms with Crippen LogP contribution in [0.2, 0.25) is 0 Å². The molecule has 3 rings (SSSR count). The predicted molar refractivity (Wildman–Crippen MR) is 69.9 cm³/mol. The summed E-state index contributed by atoms with van der Waals surface area (Å²) in [7, 11) is 0. The summed E-state index contributed by atoms with van der Waals surface area (Å²) in [4.78, 5) is 36.1. The molecule has 0 aromatic carbocycles. The summed E-state index contributed by atoms with van der Waals surface area (Å²) < 4.78 is 15.9. The number of rotatable bonds is 4. The van der Waals surface area contributed by atoms with Crippen molar-refractivity contribution in [1.29, 1.82) is 0 Å². The zero-order valence-electron chi connectivity index (χ0n) is 12.1. The van der Waals surface area contributed by atoms with E-state index in [2.05, 4.69) is 6.58 Å². The van der Waals surface area contributed by atoms with Crippen LogP contribution in [-0.4, -0.2) is 36.7 Å². The molecule has 5 unspecified atom stereocenters. The largest absolute Gasteiger partial charge is 0.465 e. The number of ether oxygens (including phenoxy) is 3. The number of carbonyl (C=O) groups is 3. The maximum atomic E-state index is 12.4. The monoisotopic (exact) mass is 294 g/mol. The molecule has 0 aromatic rings. The molecule has 0 N–H and O–H groups in total. The Bertz CT molecular complexity index is 538. The summed E-state index contributed by atoms with van der Waals surface area (Å²) in [6, 6.07) is 0. The lowest BCUT2D eigenvalue weighted by atomic mass is 9.74. The van der Waals surface area contributed by atoms with Crippen molar-refractivity contribution in [2.24, 2.45) is 17.3 Å². The zero-order chi connectivity index (χ0) is 15.4. The van der Waals surface area contributed by atoms with Crippen LogP contribution in [0.1, 0.15) is 26.7 Å². The van der Waals surface area contributed by atoms with Crippen molar-refractivity contribution < 1.29 is 28.6 Å². The third kappa shape index (κ3) is 1.74. The predicted octanol–water partition coefficient (Wildman–Crippen LogP) is 0.989. The maximum absolute atomic E-state index is 12.4. The molecular weight excluding hydrogens is 276 g/mol. The van der Waals surface area contributed by atoms with Crippen LogP contribution in [0, 0.1) is 17.3 Å². The Labute approximate surface area is 122 Å². The molecule has 6 heteroatoms. The average Bonchev–Trinajstić information content (AvgIpc) is 2.99. The fourth-order valence-electron chi connectivity index (χ4n) is 3.95. The van der Waals surface area contributed by atoms with E-state index in [-0.39, 0.29) is 24.1 Å². The second-order valence-corrected chi connectivity index (χ2v) is 6.02. The van der Waals surface area contributed by atoms with Gasteiger partial charge in [-0.1, -0.05) is 6.58 Å². The van der Waals surface area contributed by atoms with Gasteiger partial charge in [0.25, 0.3) is 0 Å². The number of carbonyl (C=O) groups excluding carboxylic acids is 3. The highest BCUT2D eigenvalue weighted by Gasteiger charge is 2.76. The van der Waals surface area contributed by atoms with Crippen LogP contribution < -0.4 is 0 Å². The van der Waals surface area contributed by atoms with Crippen molar-refractivity contribution in [1.82, 2.24) is 0 Å². The molecule has 6 nitrogen and oxygen atoms in total. The van der Waals surface area contributed by atoms with E-state index in [1.54, 1.807) is 13.8 Å². The summed E-state index contributed by atoms with van der Waals surface area (Å²) in [6.07, 6.45) is -0.332. The Hall–Kier alpha value is -1.85. The molecule has 114 valence electrons. The normalized spacial score (nSPS) is 39.0. The number of esters is 3. The van der Waals surface area contributed by atoms with Crippen molar-refractivity contribution in [3.63, 3.8) is 0 Å². The fraction of sp³-hybridized carbons (Fsp3) is 0.667. The first-order valence-corrected chi connectivity index (χ1v) is 7.16. The van der Waals surface area contributed by atoms with Crippen molar-refractivity contribution >= 4 is 17.9 Å². The first kappa shape index (κ1) is 14.1. The van der Waals surface area contributed by atoms with Gasteiger partial charge >= 0.3 is 17.9 Å². The molecule has 3 fully saturated rings. The standard InChI is InChI=1S/C15H18O6/c1-4-19-14(18)15-6-8-5-9(15)13(17)21-11(15)10(8)20-12(16)7(2)3/h8-11H,2,4-6H2,1,3H3. The molecule has 2 aliphatic carbocycles. The van der Waals surface area contributed by atoms with E-state index >= 15 is 0 Å². The Morgan fingerprint density at radius 2 is 2.19 bits per heavy atom. The quantitative estimate of drug-likeness (QED) is 0.437. The van der Waals surface area contributed by atoms with E-state index in [9.17, 15) is 14.4 Å².